The summed E-state index contributed by atoms with van der Waals surface area (Å²) < 4.78 is 6.06. The summed E-state index contributed by atoms with van der Waals surface area (Å²) in [5.41, 5.74) is 2.35. The summed E-state index contributed by atoms with van der Waals surface area (Å²) in [6.45, 7) is 0. The molecule has 0 fully saturated rings. The molecule has 3 rings (SSSR count). The van der Waals surface area contributed by atoms with E-state index in [2.05, 4.69) is 17.4 Å². The molecule has 2 unspecified atom stereocenters. The van der Waals surface area contributed by atoms with E-state index in [1.165, 1.54) is 5.56 Å². The van der Waals surface area contributed by atoms with Crippen LogP contribution in [-0.2, 0) is 12.8 Å². The van der Waals surface area contributed by atoms with Gasteiger partial charge in [0.2, 0.25) is 0 Å². The quantitative estimate of drug-likeness (QED) is 0.914. The van der Waals surface area contributed by atoms with Crippen LogP contribution in [0.2, 0.25) is 10.0 Å². The van der Waals surface area contributed by atoms with Crippen LogP contribution in [-0.4, -0.2) is 19.2 Å². The molecule has 0 saturated carbocycles. The number of hydrogen-bond donors (Lipinski definition) is 1. The Kier molecular flexibility index (Phi) is 4.39. The Labute approximate surface area is 135 Å². The number of hydrogen-bond acceptors (Lipinski definition) is 2. The zero-order valence-corrected chi connectivity index (χ0v) is 13.3. The van der Waals surface area contributed by atoms with Crippen LogP contribution in [0.15, 0.2) is 42.5 Å². The van der Waals surface area contributed by atoms with Gasteiger partial charge in [-0.25, -0.2) is 0 Å². The van der Waals surface area contributed by atoms with Crippen molar-refractivity contribution in [3.8, 4) is 5.75 Å². The van der Waals surface area contributed by atoms with E-state index in [1.807, 2.05) is 31.3 Å². The molecular formula is C17H17Cl2NO. The summed E-state index contributed by atoms with van der Waals surface area (Å²) in [6.07, 6.45) is 1.86. The van der Waals surface area contributed by atoms with Crippen LogP contribution in [0.4, 0.5) is 0 Å². The second kappa shape index (κ2) is 6.27. The first-order chi connectivity index (χ1) is 10.2. The van der Waals surface area contributed by atoms with E-state index in [1.54, 1.807) is 6.07 Å². The predicted octanol–water partition coefficient (Wildman–Crippen LogP) is 4.13. The lowest BCUT2D eigenvalue weighted by atomic mass is 9.98. The molecule has 0 bridgehead atoms. The average Bonchev–Trinajstić information content (AvgIpc) is 2.90. The number of likely N-dealkylation sites (N-methyl/N-ethyl adjacent to an activating group) is 1. The molecule has 2 nitrogen and oxygen atoms in total. The van der Waals surface area contributed by atoms with Gasteiger partial charge in [0.15, 0.2) is 0 Å². The van der Waals surface area contributed by atoms with E-state index >= 15 is 0 Å². The summed E-state index contributed by atoms with van der Waals surface area (Å²) >= 11 is 12.2. The molecule has 1 heterocycles. The van der Waals surface area contributed by atoms with E-state index in [0.717, 1.165) is 24.2 Å². The van der Waals surface area contributed by atoms with Crippen molar-refractivity contribution in [1.29, 1.82) is 0 Å². The molecule has 0 saturated heterocycles. The molecule has 1 aliphatic rings. The Morgan fingerprint density at radius 1 is 1.24 bits per heavy atom. The van der Waals surface area contributed by atoms with Gasteiger partial charge in [0, 0.05) is 22.5 Å². The van der Waals surface area contributed by atoms with Gasteiger partial charge in [-0.15, -0.1) is 0 Å². The maximum absolute atomic E-state index is 6.27. The highest BCUT2D eigenvalue weighted by atomic mass is 35.5. The fourth-order valence-corrected chi connectivity index (χ4v) is 3.26. The first-order valence-electron chi connectivity index (χ1n) is 7.03. The van der Waals surface area contributed by atoms with Crippen LogP contribution in [0.25, 0.3) is 0 Å². The van der Waals surface area contributed by atoms with Gasteiger partial charge in [0.05, 0.1) is 0 Å². The van der Waals surface area contributed by atoms with Crippen LogP contribution >= 0.6 is 23.2 Å². The smallest absolute Gasteiger partial charge is 0.123 e. The second-order valence-corrected chi connectivity index (χ2v) is 6.15. The molecule has 21 heavy (non-hydrogen) atoms. The van der Waals surface area contributed by atoms with Gasteiger partial charge in [-0.05, 0) is 42.8 Å². The normalized spacial score (nSPS) is 18.1. The summed E-state index contributed by atoms with van der Waals surface area (Å²) in [7, 11) is 1.96. The van der Waals surface area contributed by atoms with Gasteiger partial charge < -0.3 is 10.1 Å². The van der Waals surface area contributed by atoms with Crippen LogP contribution in [0, 0.1) is 0 Å². The number of rotatable bonds is 4. The molecule has 1 N–H and O–H groups in total. The summed E-state index contributed by atoms with van der Waals surface area (Å²) in [6, 6.07) is 14.1. The Morgan fingerprint density at radius 2 is 2.05 bits per heavy atom. The van der Waals surface area contributed by atoms with Crippen molar-refractivity contribution in [3.05, 3.63) is 63.6 Å². The highest BCUT2D eigenvalue weighted by molar-refractivity contribution is 6.35. The van der Waals surface area contributed by atoms with E-state index in [4.69, 9.17) is 27.9 Å². The Bertz CT molecular complexity index is 619. The van der Waals surface area contributed by atoms with Gasteiger partial charge in [-0.3, -0.25) is 0 Å². The number of fused-ring (bicyclic) bond motifs is 1. The van der Waals surface area contributed by atoms with E-state index in [-0.39, 0.29) is 12.1 Å². The van der Waals surface area contributed by atoms with Crippen LogP contribution in [0.3, 0.4) is 0 Å². The Balaban J connectivity index is 1.75. The van der Waals surface area contributed by atoms with Gasteiger partial charge in [0.25, 0.3) is 0 Å². The maximum Gasteiger partial charge on any atom is 0.123 e. The highest BCUT2D eigenvalue weighted by Gasteiger charge is 2.29. The van der Waals surface area contributed by atoms with Crippen molar-refractivity contribution >= 4 is 23.2 Å². The number of ether oxygens (including phenoxy) is 1. The topological polar surface area (TPSA) is 21.3 Å². The zero-order chi connectivity index (χ0) is 14.8. The Hall–Kier alpha value is -1.22. The SMILES string of the molecule is CNC(Cc1ccc(Cl)cc1Cl)C1Cc2ccccc2O1. The third-order valence-electron chi connectivity index (χ3n) is 3.95. The molecule has 0 aliphatic carbocycles. The highest BCUT2D eigenvalue weighted by Crippen LogP contribution is 2.31. The first kappa shape index (κ1) is 14.7. The summed E-state index contributed by atoms with van der Waals surface area (Å²) in [5.74, 6) is 0.991. The number of para-hydroxylation sites is 1. The Morgan fingerprint density at radius 3 is 2.76 bits per heavy atom. The van der Waals surface area contributed by atoms with Crippen molar-refractivity contribution in [2.75, 3.05) is 7.05 Å². The van der Waals surface area contributed by atoms with Crippen molar-refractivity contribution < 1.29 is 4.74 Å². The van der Waals surface area contributed by atoms with E-state index < -0.39 is 0 Å². The predicted molar refractivity (Wildman–Crippen MR) is 87.6 cm³/mol. The lowest BCUT2D eigenvalue weighted by Gasteiger charge is -2.23. The second-order valence-electron chi connectivity index (χ2n) is 5.30. The average molecular weight is 322 g/mol. The van der Waals surface area contributed by atoms with E-state index in [9.17, 15) is 0 Å². The van der Waals surface area contributed by atoms with Gasteiger partial charge >= 0.3 is 0 Å². The standard InChI is InChI=1S/C17H17Cl2NO/c1-20-15(8-11-6-7-13(18)10-14(11)19)17-9-12-4-2-3-5-16(12)21-17/h2-7,10,15,17,20H,8-9H2,1H3. The molecular weight excluding hydrogens is 305 g/mol. The van der Waals surface area contributed by atoms with E-state index in [0.29, 0.717) is 10.0 Å². The van der Waals surface area contributed by atoms with Gasteiger partial charge in [-0.1, -0.05) is 47.5 Å². The molecule has 2 atom stereocenters. The van der Waals surface area contributed by atoms with Crippen LogP contribution < -0.4 is 10.1 Å². The molecule has 2 aromatic rings. The van der Waals surface area contributed by atoms with Crippen molar-refractivity contribution in [1.82, 2.24) is 5.32 Å². The molecule has 1 aliphatic heterocycles. The van der Waals surface area contributed by atoms with Crippen molar-refractivity contribution in [3.63, 3.8) is 0 Å². The monoisotopic (exact) mass is 321 g/mol. The molecule has 4 heteroatoms. The maximum atomic E-state index is 6.27. The molecule has 0 aromatic heterocycles. The lowest BCUT2D eigenvalue weighted by Crippen LogP contribution is -2.42. The molecule has 0 radical (unpaired) electrons. The lowest BCUT2D eigenvalue weighted by molar-refractivity contribution is 0.182. The van der Waals surface area contributed by atoms with Crippen LogP contribution in [0.1, 0.15) is 11.1 Å². The molecule has 110 valence electrons. The fraction of sp³-hybridized carbons (Fsp3) is 0.294. The fourth-order valence-electron chi connectivity index (χ4n) is 2.78. The molecule has 0 spiro atoms. The largest absolute Gasteiger partial charge is 0.488 e. The minimum absolute atomic E-state index is 0.124. The van der Waals surface area contributed by atoms with Crippen molar-refractivity contribution in [2.24, 2.45) is 0 Å². The third kappa shape index (κ3) is 3.18. The minimum Gasteiger partial charge on any atom is -0.488 e. The van der Waals surface area contributed by atoms with Gasteiger partial charge in [0.1, 0.15) is 11.9 Å². The van der Waals surface area contributed by atoms with Crippen LogP contribution in [0.5, 0.6) is 5.75 Å². The first-order valence-corrected chi connectivity index (χ1v) is 7.78. The number of nitrogens with one attached hydrogen (secondary N) is 1. The molecule has 2 aromatic carbocycles. The van der Waals surface area contributed by atoms with Crippen molar-refractivity contribution in [2.45, 2.75) is 25.0 Å². The molecule has 0 amide bonds. The number of halogens is 2. The summed E-state index contributed by atoms with van der Waals surface area (Å²) in [5, 5.41) is 4.72. The van der Waals surface area contributed by atoms with Gasteiger partial charge in [-0.2, -0.15) is 0 Å². The number of benzene rings is 2. The zero-order valence-electron chi connectivity index (χ0n) is 11.8. The third-order valence-corrected chi connectivity index (χ3v) is 4.53. The minimum atomic E-state index is 0.124. The summed E-state index contributed by atoms with van der Waals surface area (Å²) in [4.78, 5) is 0.